The molecule has 0 spiro atoms. The largest absolute Gasteiger partial charge is 0.497 e. The van der Waals surface area contributed by atoms with E-state index in [4.69, 9.17) is 21.1 Å². The van der Waals surface area contributed by atoms with Crippen LogP contribution in [0.25, 0.3) is 0 Å². The van der Waals surface area contributed by atoms with Gasteiger partial charge in [-0.25, -0.2) is 0 Å². The Bertz CT molecular complexity index is 475. The molecule has 84 valence electrons. The molecule has 0 N–H and O–H groups in total. The van der Waals surface area contributed by atoms with Crippen LogP contribution < -0.4 is 9.47 Å². The lowest BCUT2D eigenvalue weighted by Crippen LogP contribution is -1.96. The lowest BCUT2D eigenvalue weighted by atomic mass is 10.2. The molecule has 0 saturated heterocycles. The van der Waals surface area contributed by atoms with Gasteiger partial charge >= 0.3 is 0 Å². The molecule has 0 radical (unpaired) electrons. The number of hydrogen-bond acceptors (Lipinski definition) is 5. The minimum atomic E-state index is 0.299. The normalized spacial score (nSPS) is 10.1. The van der Waals surface area contributed by atoms with E-state index in [1.165, 1.54) is 0 Å². The van der Waals surface area contributed by atoms with E-state index < -0.39 is 0 Å². The van der Waals surface area contributed by atoms with Crippen LogP contribution >= 0.6 is 23.3 Å². The molecule has 1 aromatic heterocycles. The highest BCUT2D eigenvalue weighted by atomic mass is 35.5. The molecule has 1 aromatic carbocycles. The van der Waals surface area contributed by atoms with Crippen molar-refractivity contribution in [1.29, 1.82) is 0 Å². The maximum Gasteiger partial charge on any atom is 0.265 e. The first-order valence-corrected chi connectivity index (χ1v) is 5.64. The van der Waals surface area contributed by atoms with Gasteiger partial charge in [0, 0.05) is 0 Å². The molecule has 0 bridgehead atoms. The summed E-state index contributed by atoms with van der Waals surface area (Å²) in [4.78, 5) is 0. The highest BCUT2D eigenvalue weighted by Gasteiger charge is 2.06. The molecule has 0 atom stereocenters. The summed E-state index contributed by atoms with van der Waals surface area (Å²) in [6, 6.07) is 7.61. The van der Waals surface area contributed by atoms with E-state index >= 15 is 0 Å². The van der Waals surface area contributed by atoms with Gasteiger partial charge in [-0.05, 0) is 17.7 Å². The number of hydrogen-bond donors (Lipinski definition) is 0. The summed E-state index contributed by atoms with van der Waals surface area (Å²) in [5.41, 5.74) is 0.989. The highest BCUT2D eigenvalue weighted by molar-refractivity contribution is 6.99. The Labute approximate surface area is 102 Å². The number of nitrogens with zero attached hydrogens (tertiary/aromatic N) is 2. The van der Waals surface area contributed by atoms with Crippen molar-refractivity contribution < 1.29 is 9.47 Å². The molecule has 4 nitrogen and oxygen atoms in total. The number of methoxy groups -OCH3 is 1. The second kappa shape index (κ2) is 5.14. The first-order valence-electron chi connectivity index (χ1n) is 4.53. The van der Waals surface area contributed by atoms with Gasteiger partial charge in [0.1, 0.15) is 12.4 Å². The van der Waals surface area contributed by atoms with Gasteiger partial charge in [-0.3, -0.25) is 0 Å². The van der Waals surface area contributed by atoms with Gasteiger partial charge in [-0.15, -0.1) is 4.37 Å². The van der Waals surface area contributed by atoms with Gasteiger partial charge in [0.2, 0.25) is 5.15 Å². The summed E-state index contributed by atoms with van der Waals surface area (Å²) in [6.45, 7) is 0.391. The van der Waals surface area contributed by atoms with Crippen molar-refractivity contribution >= 4 is 23.3 Å². The van der Waals surface area contributed by atoms with Gasteiger partial charge in [-0.1, -0.05) is 23.7 Å². The van der Waals surface area contributed by atoms with Crippen molar-refractivity contribution in [3.05, 3.63) is 35.0 Å². The van der Waals surface area contributed by atoms with Gasteiger partial charge in [0.05, 0.1) is 18.8 Å². The van der Waals surface area contributed by atoms with E-state index in [-0.39, 0.29) is 0 Å². The van der Waals surface area contributed by atoms with Gasteiger partial charge in [-0.2, -0.15) is 4.37 Å². The summed E-state index contributed by atoms with van der Waals surface area (Å²) in [6.07, 6.45) is 0. The van der Waals surface area contributed by atoms with Crippen LogP contribution in [0, 0.1) is 0 Å². The second-order valence-corrected chi connectivity index (χ2v) is 3.89. The lowest BCUT2D eigenvalue weighted by molar-refractivity contribution is 0.296. The quantitative estimate of drug-likeness (QED) is 0.844. The third-order valence-electron chi connectivity index (χ3n) is 1.93. The molecule has 0 aliphatic rings. The fourth-order valence-electron chi connectivity index (χ4n) is 1.17. The van der Waals surface area contributed by atoms with E-state index in [9.17, 15) is 0 Å². The predicted molar refractivity (Wildman–Crippen MR) is 62.2 cm³/mol. The van der Waals surface area contributed by atoms with Crippen LogP contribution in [0.5, 0.6) is 11.6 Å². The van der Waals surface area contributed by atoms with Crippen LogP contribution in [0.3, 0.4) is 0 Å². The molecule has 2 rings (SSSR count). The average Bonchev–Trinajstić information content (AvgIpc) is 2.72. The minimum absolute atomic E-state index is 0.299. The van der Waals surface area contributed by atoms with Crippen LogP contribution in [0.2, 0.25) is 5.15 Å². The molecule has 1 heterocycles. The molecule has 6 heteroatoms. The predicted octanol–water partition coefficient (Wildman–Crippen LogP) is 2.78. The number of rotatable bonds is 4. The summed E-state index contributed by atoms with van der Waals surface area (Å²) >= 11 is 6.78. The molecule has 0 aliphatic heterocycles. The Morgan fingerprint density at radius 3 is 2.94 bits per heavy atom. The Morgan fingerprint density at radius 2 is 2.25 bits per heavy atom. The van der Waals surface area contributed by atoms with E-state index in [2.05, 4.69) is 8.75 Å². The van der Waals surface area contributed by atoms with Gasteiger partial charge in [0.25, 0.3) is 5.88 Å². The Hall–Kier alpha value is -1.33. The van der Waals surface area contributed by atoms with Crippen molar-refractivity contribution in [3.8, 4) is 11.6 Å². The number of halogens is 1. The summed E-state index contributed by atoms with van der Waals surface area (Å²) in [7, 11) is 1.63. The molecule has 0 fully saturated rings. The van der Waals surface area contributed by atoms with Crippen molar-refractivity contribution in [2.24, 2.45) is 0 Å². The zero-order valence-corrected chi connectivity index (χ0v) is 10.1. The molecular weight excluding hydrogens is 248 g/mol. The number of aromatic nitrogens is 2. The van der Waals surface area contributed by atoms with Crippen LogP contribution in [0.15, 0.2) is 24.3 Å². The van der Waals surface area contributed by atoms with Crippen LogP contribution in [0.4, 0.5) is 0 Å². The van der Waals surface area contributed by atoms with E-state index in [1.807, 2.05) is 24.3 Å². The lowest BCUT2D eigenvalue weighted by Gasteiger charge is -2.05. The summed E-state index contributed by atoms with van der Waals surface area (Å²) < 4.78 is 18.2. The molecule has 0 amide bonds. The molecule has 0 unspecified atom stereocenters. The molecule has 0 saturated carbocycles. The van der Waals surface area contributed by atoms with Crippen LogP contribution in [0.1, 0.15) is 5.56 Å². The molecule has 0 aliphatic carbocycles. The molecule has 2 aromatic rings. The summed E-state index contributed by atoms with van der Waals surface area (Å²) in [5, 5.41) is 0.299. The SMILES string of the molecule is COc1cccc(COc2nsnc2Cl)c1. The van der Waals surface area contributed by atoms with E-state index in [0.717, 1.165) is 23.0 Å². The van der Waals surface area contributed by atoms with Crippen LogP contribution in [-0.4, -0.2) is 15.9 Å². The standard InChI is InChI=1S/C10H9ClN2O2S/c1-14-8-4-2-3-7(5-8)6-15-10-9(11)12-16-13-10/h2-5H,6H2,1H3. The van der Waals surface area contributed by atoms with E-state index in [1.54, 1.807) is 7.11 Å². The zero-order chi connectivity index (χ0) is 11.4. The third kappa shape index (κ3) is 2.62. The van der Waals surface area contributed by atoms with Crippen molar-refractivity contribution in [2.45, 2.75) is 6.61 Å². The van der Waals surface area contributed by atoms with Crippen molar-refractivity contribution in [2.75, 3.05) is 7.11 Å². The Morgan fingerprint density at radius 1 is 1.38 bits per heavy atom. The topological polar surface area (TPSA) is 44.2 Å². The monoisotopic (exact) mass is 256 g/mol. The maximum atomic E-state index is 5.75. The van der Waals surface area contributed by atoms with Crippen LogP contribution in [-0.2, 0) is 6.61 Å². The molecule has 16 heavy (non-hydrogen) atoms. The van der Waals surface area contributed by atoms with Crippen molar-refractivity contribution in [1.82, 2.24) is 8.75 Å². The van der Waals surface area contributed by atoms with E-state index in [0.29, 0.717) is 17.6 Å². The maximum absolute atomic E-state index is 5.75. The first-order chi connectivity index (χ1) is 7.79. The fraction of sp³-hybridized carbons (Fsp3) is 0.200. The molecular formula is C10H9ClN2O2S. The third-order valence-corrected chi connectivity index (χ3v) is 2.79. The Kier molecular flexibility index (Phi) is 3.58. The van der Waals surface area contributed by atoms with Gasteiger partial charge < -0.3 is 9.47 Å². The number of benzene rings is 1. The highest BCUT2D eigenvalue weighted by Crippen LogP contribution is 2.22. The first kappa shape index (κ1) is 11.2. The minimum Gasteiger partial charge on any atom is -0.497 e. The Balaban J connectivity index is 2.02. The number of ether oxygens (including phenoxy) is 2. The van der Waals surface area contributed by atoms with Crippen molar-refractivity contribution in [3.63, 3.8) is 0 Å². The second-order valence-electron chi connectivity index (χ2n) is 3.00. The zero-order valence-electron chi connectivity index (χ0n) is 8.51. The summed E-state index contributed by atoms with van der Waals surface area (Å²) in [5.74, 6) is 1.16. The average molecular weight is 257 g/mol. The fourth-order valence-corrected chi connectivity index (χ4v) is 1.81. The smallest absolute Gasteiger partial charge is 0.265 e. The van der Waals surface area contributed by atoms with Gasteiger partial charge in [0.15, 0.2) is 0 Å².